The Bertz CT molecular complexity index is 271. The molecule has 164 valence electrons. The number of unbranched alkanes of at least 4 members (excludes halogenated alkanes) is 15. The number of methoxy groups -OCH3 is 1. The van der Waals surface area contributed by atoms with Crippen LogP contribution in [0.1, 0.15) is 117 Å². The van der Waals surface area contributed by atoms with E-state index in [-0.39, 0.29) is 6.04 Å². The molecule has 3 nitrogen and oxygen atoms in total. The van der Waals surface area contributed by atoms with Crippen molar-refractivity contribution in [1.82, 2.24) is 0 Å². The lowest BCUT2D eigenvalue weighted by Crippen LogP contribution is -2.33. The van der Waals surface area contributed by atoms with Crippen LogP contribution >= 0.6 is 0 Å². The molecule has 3 heteroatoms. The zero-order valence-corrected chi connectivity index (χ0v) is 19.0. The fourth-order valence-corrected chi connectivity index (χ4v) is 3.55. The summed E-state index contributed by atoms with van der Waals surface area (Å²) in [5.41, 5.74) is 5.94. The SMILES string of the molecule is CCCCCCCCCCCCCCCCCCOCC(COC)C(C)N. The fraction of sp³-hybridized carbons (Fsp3) is 1.00. The fourth-order valence-electron chi connectivity index (χ4n) is 3.55. The molecule has 0 bridgehead atoms. The molecule has 0 aromatic heterocycles. The molecule has 0 aliphatic rings. The van der Waals surface area contributed by atoms with E-state index in [4.69, 9.17) is 15.2 Å². The van der Waals surface area contributed by atoms with Gasteiger partial charge < -0.3 is 15.2 Å². The molecule has 0 saturated carbocycles. The average molecular weight is 386 g/mol. The second-order valence-electron chi connectivity index (χ2n) is 8.45. The Hall–Kier alpha value is -0.120. The third-order valence-corrected chi connectivity index (χ3v) is 5.60. The van der Waals surface area contributed by atoms with Gasteiger partial charge in [-0.3, -0.25) is 0 Å². The molecule has 0 radical (unpaired) electrons. The van der Waals surface area contributed by atoms with Gasteiger partial charge in [-0.1, -0.05) is 103 Å². The molecule has 0 fully saturated rings. The van der Waals surface area contributed by atoms with Crippen molar-refractivity contribution in [2.75, 3.05) is 26.9 Å². The normalized spacial score (nSPS) is 13.8. The van der Waals surface area contributed by atoms with Crippen molar-refractivity contribution in [3.63, 3.8) is 0 Å². The Labute approximate surface area is 171 Å². The monoisotopic (exact) mass is 385 g/mol. The highest BCUT2D eigenvalue weighted by Crippen LogP contribution is 2.13. The zero-order valence-electron chi connectivity index (χ0n) is 19.0. The van der Waals surface area contributed by atoms with Crippen LogP contribution in [0.4, 0.5) is 0 Å². The van der Waals surface area contributed by atoms with Gasteiger partial charge >= 0.3 is 0 Å². The van der Waals surface area contributed by atoms with Gasteiger partial charge in [0.15, 0.2) is 0 Å². The smallest absolute Gasteiger partial charge is 0.0531 e. The van der Waals surface area contributed by atoms with Gasteiger partial charge in [-0.25, -0.2) is 0 Å². The van der Waals surface area contributed by atoms with Gasteiger partial charge in [0.1, 0.15) is 0 Å². The summed E-state index contributed by atoms with van der Waals surface area (Å²) in [5, 5.41) is 0. The van der Waals surface area contributed by atoms with Gasteiger partial charge in [0.05, 0.1) is 13.2 Å². The van der Waals surface area contributed by atoms with E-state index in [1.54, 1.807) is 7.11 Å². The lowest BCUT2D eigenvalue weighted by atomic mass is 10.0. The molecule has 0 aliphatic carbocycles. The van der Waals surface area contributed by atoms with Gasteiger partial charge in [0, 0.05) is 25.7 Å². The number of nitrogens with two attached hydrogens (primary N) is 1. The van der Waals surface area contributed by atoms with Gasteiger partial charge in [-0.2, -0.15) is 0 Å². The Morgan fingerprint density at radius 2 is 1.04 bits per heavy atom. The van der Waals surface area contributed by atoms with Crippen LogP contribution in [0, 0.1) is 5.92 Å². The number of rotatable bonds is 22. The van der Waals surface area contributed by atoms with Crippen molar-refractivity contribution in [3.8, 4) is 0 Å². The van der Waals surface area contributed by atoms with Crippen molar-refractivity contribution >= 4 is 0 Å². The van der Waals surface area contributed by atoms with E-state index in [0.29, 0.717) is 12.5 Å². The first-order chi connectivity index (χ1) is 13.2. The molecule has 0 aromatic carbocycles. The highest BCUT2D eigenvalue weighted by Gasteiger charge is 2.13. The minimum Gasteiger partial charge on any atom is -0.384 e. The first kappa shape index (κ1) is 26.9. The number of ether oxygens (including phenoxy) is 2. The minimum absolute atomic E-state index is 0.135. The van der Waals surface area contributed by atoms with Crippen LogP contribution in [0.2, 0.25) is 0 Å². The topological polar surface area (TPSA) is 44.5 Å². The van der Waals surface area contributed by atoms with E-state index >= 15 is 0 Å². The summed E-state index contributed by atoms with van der Waals surface area (Å²) in [6.07, 6.45) is 22.5. The van der Waals surface area contributed by atoms with Gasteiger partial charge in [-0.15, -0.1) is 0 Å². The summed E-state index contributed by atoms with van der Waals surface area (Å²) in [4.78, 5) is 0. The molecular formula is C24H51NO2. The van der Waals surface area contributed by atoms with E-state index in [2.05, 4.69) is 6.92 Å². The largest absolute Gasteiger partial charge is 0.384 e. The molecule has 0 aromatic rings. The van der Waals surface area contributed by atoms with E-state index < -0.39 is 0 Å². The van der Waals surface area contributed by atoms with Crippen LogP contribution in [-0.4, -0.2) is 33.0 Å². The average Bonchev–Trinajstić information content (AvgIpc) is 2.66. The summed E-state index contributed by atoms with van der Waals surface area (Å²) in [6, 6.07) is 0.135. The van der Waals surface area contributed by atoms with Crippen LogP contribution in [-0.2, 0) is 9.47 Å². The Morgan fingerprint density at radius 1 is 0.630 bits per heavy atom. The van der Waals surface area contributed by atoms with Gasteiger partial charge in [-0.05, 0) is 13.3 Å². The summed E-state index contributed by atoms with van der Waals surface area (Å²) in [7, 11) is 1.73. The van der Waals surface area contributed by atoms with E-state index in [9.17, 15) is 0 Å². The standard InChI is InChI=1S/C24H51NO2/c1-4-5-6-7-8-9-10-11-12-13-14-15-16-17-18-19-20-27-22-24(21-26-3)23(2)25/h23-24H,4-22,25H2,1-3H3. The molecule has 0 rings (SSSR count). The maximum atomic E-state index is 5.94. The third-order valence-electron chi connectivity index (χ3n) is 5.60. The highest BCUT2D eigenvalue weighted by atomic mass is 16.5. The second kappa shape index (κ2) is 22.2. The summed E-state index contributed by atoms with van der Waals surface area (Å²) < 4.78 is 11.0. The Kier molecular flexibility index (Phi) is 22.1. The summed E-state index contributed by atoms with van der Waals surface area (Å²) >= 11 is 0. The lowest BCUT2D eigenvalue weighted by Gasteiger charge is -2.19. The molecule has 0 aliphatic heterocycles. The molecule has 0 amide bonds. The molecule has 27 heavy (non-hydrogen) atoms. The van der Waals surface area contributed by atoms with Crippen LogP contribution < -0.4 is 5.73 Å². The van der Waals surface area contributed by atoms with Crippen LogP contribution in [0.5, 0.6) is 0 Å². The summed E-state index contributed by atoms with van der Waals surface area (Å²) in [5.74, 6) is 0.316. The first-order valence-corrected chi connectivity index (χ1v) is 12.0. The van der Waals surface area contributed by atoms with E-state index in [0.717, 1.165) is 13.2 Å². The highest BCUT2D eigenvalue weighted by molar-refractivity contribution is 4.67. The molecule has 0 saturated heterocycles. The molecular weight excluding hydrogens is 334 g/mol. The second-order valence-corrected chi connectivity index (χ2v) is 8.45. The third kappa shape index (κ3) is 20.4. The van der Waals surface area contributed by atoms with Crippen molar-refractivity contribution in [2.24, 2.45) is 11.7 Å². The predicted octanol–water partition coefficient (Wildman–Crippen LogP) is 6.87. The van der Waals surface area contributed by atoms with Crippen molar-refractivity contribution in [1.29, 1.82) is 0 Å². The maximum absolute atomic E-state index is 5.94. The number of hydrogen-bond acceptors (Lipinski definition) is 3. The first-order valence-electron chi connectivity index (χ1n) is 12.0. The Morgan fingerprint density at radius 3 is 1.41 bits per heavy atom. The maximum Gasteiger partial charge on any atom is 0.0531 e. The lowest BCUT2D eigenvalue weighted by molar-refractivity contribution is 0.0477. The van der Waals surface area contributed by atoms with E-state index in [1.165, 1.54) is 103 Å². The molecule has 2 unspecified atom stereocenters. The molecule has 0 heterocycles. The van der Waals surface area contributed by atoms with Crippen molar-refractivity contribution in [2.45, 2.75) is 123 Å². The Balaban J connectivity index is 3.14. The van der Waals surface area contributed by atoms with E-state index in [1.807, 2.05) is 6.92 Å². The van der Waals surface area contributed by atoms with Gasteiger partial charge in [0.25, 0.3) is 0 Å². The zero-order chi connectivity index (χ0) is 20.0. The van der Waals surface area contributed by atoms with Crippen molar-refractivity contribution < 1.29 is 9.47 Å². The number of hydrogen-bond donors (Lipinski definition) is 1. The van der Waals surface area contributed by atoms with Gasteiger partial charge in [0.2, 0.25) is 0 Å². The quantitative estimate of drug-likeness (QED) is 0.207. The molecule has 0 spiro atoms. The summed E-state index contributed by atoms with van der Waals surface area (Å²) in [6.45, 7) is 6.60. The van der Waals surface area contributed by atoms with Crippen LogP contribution in [0.15, 0.2) is 0 Å². The molecule has 2 atom stereocenters. The predicted molar refractivity (Wildman–Crippen MR) is 119 cm³/mol. The minimum atomic E-state index is 0.135. The van der Waals surface area contributed by atoms with Crippen LogP contribution in [0.25, 0.3) is 0 Å². The van der Waals surface area contributed by atoms with Crippen LogP contribution in [0.3, 0.4) is 0 Å². The molecule has 2 N–H and O–H groups in total. The van der Waals surface area contributed by atoms with Crippen molar-refractivity contribution in [3.05, 3.63) is 0 Å².